The van der Waals surface area contributed by atoms with Gasteiger partial charge in [-0.15, -0.1) is 11.3 Å². The number of ether oxygens (including phenoxy) is 1. The summed E-state index contributed by atoms with van der Waals surface area (Å²) in [5, 5.41) is 13.5. The highest BCUT2D eigenvalue weighted by Crippen LogP contribution is 2.37. The van der Waals surface area contributed by atoms with E-state index in [1.54, 1.807) is 11.3 Å². The van der Waals surface area contributed by atoms with E-state index >= 15 is 0 Å². The van der Waals surface area contributed by atoms with Crippen LogP contribution in [-0.4, -0.2) is 79.3 Å². The van der Waals surface area contributed by atoms with Crippen LogP contribution in [0.4, 0.5) is 4.79 Å². The number of H-pyrrole nitrogens is 2. The van der Waals surface area contributed by atoms with Gasteiger partial charge in [-0.25, -0.2) is 25.2 Å². The molecule has 5 aromatic rings. The Balaban J connectivity index is 1.21. The Morgan fingerprint density at radius 3 is 2.55 bits per heavy atom. The van der Waals surface area contributed by atoms with Gasteiger partial charge in [-0.2, -0.15) is 0 Å². The van der Waals surface area contributed by atoms with Gasteiger partial charge in [-0.05, 0) is 86.9 Å². The minimum atomic E-state index is -0.681. The minimum absolute atomic E-state index is 0.0630. The van der Waals surface area contributed by atoms with E-state index in [2.05, 4.69) is 64.9 Å². The van der Waals surface area contributed by atoms with Crippen LogP contribution in [0.1, 0.15) is 83.4 Å². The van der Waals surface area contributed by atoms with E-state index in [9.17, 15) is 14.8 Å². The lowest BCUT2D eigenvalue weighted by molar-refractivity contribution is -0.135. The molecule has 0 saturated carbocycles. The zero-order valence-electron chi connectivity index (χ0n) is 29.9. The van der Waals surface area contributed by atoms with Crippen molar-refractivity contribution in [3.05, 3.63) is 54.2 Å². The molecule has 1 saturated heterocycles. The number of hydroxylamine groups is 1. The second kappa shape index (κ2) is 15.9. The zero-order valence-corrected chi connectivity index (χ0v) is 30.7. The van der Waals surface area contributed by atoms with Crippen LogP contribution >= 0.6 is 11.3 Å². The normalized spacial score (nSPS) is 16.7. The van der Waals surface area contributed by atoms with Crippen LogP contribution in [0.5, 0.6) is 0 Å². The van der Waals surface area contributed by atoms with Gasteiger partial charge in [0.2, 0.25) is 5.91 Å². The van der Waals surface area contributed by atoms with Crippen molar-refractivity contribution < 1.29 is 19.5 Å². The van der Waals surface area contributed by atoms with Crippen LogP contribution < -0.4 is 16.5 Å². The molecule has 14 heteroatoms. The van der Waals surface area contributed by atoms with Crippen LogP contribution in [0.3, 0.4) is 0 Å². The Morgan fingerprint density at radius 2 is 1.84 bits per heavy atom. The molecule has 1 fully saturated rings. The lowest BCUT2D eigenvalue weighted by Gasteiger charge is -2.30. The number of imidazole rings is 2. The predicted molar refractivity (Wildman–Crippen MR) is 199 cm³/mol. The molecule has 4 atom stereocenters. The summed E-state index contributed by atoms with van der Waals surface area (Å²) in [7, 11) is 1.30. The van der Waals surface area contributed by atoms with Gasteiger partial charge in [-0.3, -0.25) is 4.79 Å². The van der Waals surface area contributed by atoms with Crippen LogP contribution in [-0.2, 0) is 9.53 Å². The third-order valence-corrected chi connectivity index (χ3v) is 11.1. The van der Waals surface area contributed by atoms with Gasteiger partial charge in [0.05, 0.1) is 46.0 Å². The molecule has 7 N–H and O–H groups in total. The number of rotatable bonds is 14. The van der Waals surface area contributed by atoms with Crippen molar-refractivity contribution in [1.29, 1.82) is 0 Å². The summed E-state index contributed by atoms with van der Waals surface area (Å²) in [4.78, 5) is 51.2. The molecule has 0 bridgehead atoms. The molecule has 13 nitrogen and oxygen atoms in total. The first-order valence-corrected chi connectivity index (χ1v) is 18.6. The van der Waals surface area contributed by atoms with Crippen LogP contribution in [0, 0.1) is 11.8 Å². The van der Waals surface area contributed by atoms with Crippen molar-refractivity contribution in [2.75, 3.05) is 20.2 Å². The molecule has 1 aliphatic heterocycles. The van der Waals surface area contributed by atoms with E-state index in [-0.39, 0.29) is 35.7 Å². The van der Waals surface area contributed by atoms with Crippen LogP contribution in [0.25, 0.3) is 43.1 Å². The number of methoxy groups -OCH3 is 1. The maximum atomic E-state index is 13.6. The number of nitrogens with zero attached hydrogens (tertiary/aromatic N) is 4. The fourth-order valence-electron chi connectivity index (χ4n) is 6.97. The number of fused-ring (bicyclic) bond motifs is 3. The van der Waals surface area contributed by atoms with Gasteiger partial charge in [-0.1, -0.05) is 27.7 Å². The summed E-state index contributed by atoms with van der Waals surface area (Å²) in [5.41, 5.74) is 12.9. The van der Waals surface area contributed by atoms with Gasteiger partial charge in [0.15, 0.2) is 0 Å². The first-order valence-electron chi connectivity index (χ1n) is 17.8. The van der Waals surface area contributed by atoms with Gasteiger partial charge in [0.1, 0.15) is 23.2 Å². The van der Waals surface area contributed by atoms with E-state index in [0.717, 1.165) is 86.8 Å². The molecule has 4 aromatic heterocycles. The van der Waals surface area contributed by atoms with Crippen molar-refractivity contribution >= 4 is 45.3 Å². The minimum Gasteiger partial charge on any atom is -0.453 e. The lowest BCUT2D eigenvalue weighted by Crippen LogP contribution is -2.51. The Morgan fingerprint density at radius 1 is 1.06 bits per heavy atom. The smallest absolute Gasteiger partial charge is 0.407 e. The second-order valence-corrected chi connectivity index (χ2v) is 15.2. The molecular weight excluding hydrogens is 667 g/mol. The van der Waals surface area contributed by atoms with E-state index in [4.69, 9.17) is 25.4 Å². The van der Waals surface area contributed by atoms with Crippen LogP contribution in [0.2, 0.25) is 0 Å². The van der Waals surface area contributed by atoms with E-state index in [0.29, 0.717) is 13.1 Å². The van der Waals surface area contributed by atoms with E-state index in [1.165, 1.54) is 7.11 Å². The molecule has 1 aliphatic rings. The summed E-state index contributed by atoms with van der Waals surface area (Å²) >= 11 is 1.65. The number of thiophene rings is 1. The van der Waals surface area contributed by atoms with Gasteiger partial charge < -0.3 is 35.9 Å². The summed E-state index contributed by atoms with van der Waals surface area (Å²) in [5.74, 6) is 1.64. The Kier molecular flexibility index (Phi) is 11.3. The SMILES string of the molecule is COC(=O)N[C@H](C(=O)N1CCC[C@H]1c1ncc(-c2ccc(-c3ccc4c(ccc5nc(C(CCCN)C[C@@H](NO)C(C)C)nc54)[nH]3)s2)[nH]1)C(C)C. The molecule has 1 aromatic carbocycles. The third kappa shape index (κ3) is 7.78. The maximum absolute atomic E-state index is 13.6. The molecule has 6 rings (SSSR count). The van der Waals surface area contributed by atoms with E-state index < -0.39 is 12.1 Å². The number of aromatic nitrogens is 5. The molecule has 0 spiro atoms. The van der Waals surface area contributed by atoms with Crippen molar-refractivity contribution in [3.8, 4) is 21.1 Å². The molecule has 0 aliphatic carbocycles. The number of benzene rings is 1. The number of aromatic amines is 2. The number of hydrogen-bond acceptors (Lipinski definition) is 10. The summed E-state index contributed by atoms with van der Waals surface area (Å²) in [6.07, 6.45) is 5.29. The first kappa shape index (κ1) is 36.4. The molecular formula is C37H49N9O4S. The first-order chi connectivity index (χ1) is 24.6. The molecule has 2 amide bonds. The summed E-state index contributed by atoms with van der Waals surface area (Å²) < 4.78 is 4.76. The fraction of sp³-hybridized carbons (Fsp3) is 0.486. The highest BCUT2D eigenvalue weighted by atomic mass is 32.1. The molecule has 1 unspecified atom stereocenters. The Hall–Kier alpha value is -4.37. The Bertz CT molecular complexity index is 1970. The Labute approximate surface area is 301 Å². The quantitative estimate of drug-likeness (QED) is 0.0699. The molecule has 5 heterocycles. The molecule has 0 radical (unpaired) electrons. The number of amides is 2. The largest absolute Gasteiger partial charge is 0.453 e. The van der Waals surface area contributed by atoms with Crippen molar-refractivity contribution in [2.45, 2.75) is 83.8 Å². The molecule has 51 heavy (non-hydrogen) atoms. The number of hydrogen-bond donors (Lipinski definition) is 6. The number of alkyl carbamates (subject to hydrolysis) is 1. The maximum Gasteiger partial charge on any atom is 0.407 e. The number of carbonyl (C=O) groups excluding carboxylic acids is 2. The summed E-state index contributed by atoms with van der Waals surface area (Å²) in [6.45, 7) is 9.19. The fourth-order valence-corrected chi connectivity index (χ4v) is 7.92. The van der Waals surface area contributed by atoms with Gasteiger partial charge >= 0.3 is 6.09 Å². The van der Waals surface area contributed by atoms with Gasteiger partial charge in [0, 0.05) is 29.4 Å². The van der Waals surface area contributed by atoms with Crippen molar-refractivity contribution in [3.63, 3.8) is 0 Å². The zero-order chi connectivity index (χ0) is 36.2. The standard InChI is InChI=1S/C37H49N9O4S/c1-20(2)27(45-49)18-22(8-6-16-38)34-41-26-13-12-24-23(33(26)43-34)10-11-25(40-24)30-14-15-31(51-30)28-19-39-35(42-28)29-9-7-17-46(29)36(47)32(21(3)4)44-37(48)50-5/h10-15,19-22,27,29,32,40,45,49H,6-9,16-18,38H2,1-5H3,(H,39,42)(H,44,48)/t22?,27-,29+,32+/m1/s1. The number of carbonyl (C=O) groups is 2. The highest BCUT2D eigenvalue weighted by molar-refractivity contribution is 7.18. The average Bonchev–Trinajstić information content (AvgIpc) is 3.95. The van der Waals surface area contributed by atoms with Crippen molar-refractivity contribution in [2.24, 2.45) is 17.6 Å². The number of pyridine rings is 1. The van der Waals surface area contributed by atoms with Crippen LogP contribution in [0.15, 0.2) is 42.6 Å². The second-order valence-electron chi connectivity index (χ2n) is 14.1. The lowest BCUT2D eigenvalue weighted by atomic mass is 9.89. The summed E-state index contributed by atoms with van der Waals surface area (Å²) in [6, 6.07) is 11.5. The highest BCUT2D eigenvalue weighted by Gasteiger charge is 2.37. The average molecular weight is 716 g/mol. The number of likely N-dealkylation sites (tertiary alicyclic amines) is 1. The predicted octanol–water partition coefficient (Wildman–Crippen LogP) is 6.49. The van der Waals surface area contributed by atoms with E-state index in [1.807, 2.05) is 31.0 Å². The van der Waals surface area contributed by atoms with Gasteiger partial charge in [0.25, 0.3) is 0 Å². The van der Waals surface area contributed by atoms with Crippen molar-refractivity contribution in [1.82, 2.24) is 40.6 Å². The number of nitrogens with two attached hydrogens (primary N) is 1. The number of nitrogens with one attached hydrogen (secondary N) is 4. The molecule has 272 valence electrons. The third-order valence-electron chi connectivity index (χ3n) is 9.95. The topological polar surface area (TPSA) is 187 Å². The monoisotopic (exact) mass is 715 g/mol.